The molecule has 0 saturated heterocycles. The second kappa shape index (κ2) is 9.04. The smallest absolute Gasteiger partial charge is 0.230 e. The molecule has 154 valence electrons. The molecule has 0 bridgehead atoms. The number of hydrogen-bond donors (Lipinski definition) is 2. The van der Waals surface area contributed by atoms with Crippen molar-refractivity contribution in [2.45, 2.75) is 11.1 Å². The first-order chi connectivity index (χ1) is 14.7. The highest BCUT2D eigenvalue weighted by Crippen LogP contribution is 2.31. The van der Waals surface area contributed by atoms with Gasteiger partial charge in [0, 0.05) is 36.6 Å². The van der Waals surface area contributed by atoms with Crippen LogP contribution in [0.5, 0.6) is 5.75 Å². The van der Waals surface area contributed by atoms with E-state index < -0.39 is 0 Å². The first-order valence-corrected chi connectivity index (χ1v) is 10.6. The number of rotatable bonds is 8. The molecule has 2 aromatic carbocycles. The fourth-order valence-electron chi connectivity index (χ4n) is 3.43. The molecule has 0 saturated carbocycles. The molecule has 4 rings (SSSR count). The highest BCUT2D eigenvalue weighted by Gasteiger charge is 2.19. The lowest BCUT2D eigenvalue weighted by Gasteiger charge is -2.18. The quantitative estimate of drug-likeness (QED) is 0.426. The van der Waals surface area contributed by atoms with Gasteiger partial charge in [0.15, 0.2) is 5.16 Å². The second-order valence-electron chi connectivity index (χ2n) is 6.93. The summed E-state index contributed by atoms with van der Waals surface area (Å²) in [5.41, 5.74) is 3.34. The Morgan fingerprint density at radius 3 is 2.77 bits per heavy atom. The van der Waals surface area contributed by atoms with Crippen LogP contribution in [0.15, 0.2) is 66.2 Å². The molecule has 1 atom stereocenters. The molecule has 2 N–H and O–H groups in total. The van der Waals surface area contributed by atoms with E-state index in [2.05, 4.69) is 32.6 Å². The lowest BCUT2D eigenvalue weighted by Crippen LogP contribution is -2.30. The second-order valence-corrected chi connectivity index (χ2v) is 7.88. The molecule has 1 amide bonds. The molecule has 0 fully saturated rings. The predicted octanol–water partition coefficient (Wildman–Crippen LogP) is 3.35. The first-order valence-electron chi connectivity index (χ1n) is 9.59. The van der Waals surface area contributed by atoms with Crippen molar-refractivity contribution in [3.05, 3.63) is 72.2 Å². The zero-order valence-corrected chi connectivity index (χ0v) is 17.6. The molecule has 2 heterocycles. The normalized spacial score (nSPS) is 12.1. The van der Waals surface area contributed by atoms with Gasteiger partial charge in [0.1, 0.15) is 12.1 Å². The number of carbonyl (C=O) groups is 1. The van der Waals surface area contributed by atoms with Crippen molar-refractivity contribution in [1.82, 2.24) is 25.1 Å². The molecular formula is C22H23N5O2S. The minimum absolute atomic E-state index is 0.0100. The SMILES string of the molecule is COc1ccc([C@H](CNC(=O)CSc2nncn2C)c2c[nH]c3ccccc23)cc1. The van der Waals surface area contributed by atoms with Gasteiger partial charge in [0.25, 0.3) is 0 Å². The van der Waals surface area contributed by atoms with Crippen LogP contribution in [-0.4, -0.2) is 45.1 Å². The summed E-state index contributed by atoms with van der Waals surface area (Å²) in [6.45, 7) is 0.492. The van der Waals surface area contributed by atoms with Crippen molar-refractivity contribution in [1.29, 1.82) is 0 Å². The number of amides is 1. The number of aromatic amines is 1. The van der Waals surface area contributed by atoms with Crippen molar-refractivity contribution in [2.75, 3.05) is 19.4 Å². The number of hydrogen-bond acceptors (Lipinski definition) is 5. The molecule has 0 aliphatic carbocycles. The van der Waals surface area contributed by atoms with Crippen LogP contribution in [0.25, 0.3) is 10.9 Å². The zero-order valence-electron chi connectivity index (χ0n) is 16.8. The fraction of sp³-hybridized carbons (Fsp3) is 0.227. The monoisotopic (exact) mass is 421 g/mol. The van der Waals surface area contributed by atoms with E-state index in [1.54, 1.807) is 18.0 Å². The highest BCUT2D eigenvalue weighted by molar-refractivity contribution is 7.99. The Balaban J connectivity index is 1.53. The fourth-order valence-corrected chi connectivity index (χ4v) is 4.14. The summed E-state index contributed by atoms with van der Waals surface area (Å²) < 4.78 is 7.09. The maximum atomic E-state index is 12.5. The molecule has 2 aromatic heterocycles. The molecular weight excluding hydrogens is 398 g/mol. The van der Waals surface area contributed by atoms with Gasteiger partial charge in [-0.1, -0.05) is 42.1 Å². The summed E-state index contributed by atoms with van der Waals surface area (Å²) in [4.78, 5) is 15.8. The number of aromatic nitrogens is 4. The molecule has 0 aliphatic rings. The van der Waals surface area contributed by atoms with Gasteiger partial charge in [-0.25, -0.2) is 0 Å². The molecule has 8 heteroatoms. The van der Waals surface area contributed by atoms with Crippen molar-refractivity contribution in [2.24, 2.45) is 7.05 Å². The van der Waals surface area contributed by atoms with E-state index in [0.717, 1.165) is 27.8 Å². The number of para-hydroxylation sites is 1. The highest BCUT2D eigenvalue weighted by atomic mass is 32.2. The third-order valence-corrected chi connectivity index (χ3v) is 6.05. The Kier molecular flexibility index (Phi) is 6.04. The Labute approximate surface area is 178 Å². The van der Waals surface area contributed by atoms with Crippen molar-refractivity contribution in [3.63, 3.8) is 0 Å². The molecule has 30 heavy (non-hydrogen) atoms. The van der Waals surface area contributed by atoms with Crippen molar-refractivity contribution < 1.29 is 9.53 Å². The minimum Gasteiger partial charge on any atom is -0.497 e. The Hall–Kier alpha value is -3.26. The third-order valence-electron chi connectivity index (χ3n) is 5.02. The largest absolute Gasteiger partial charge is 0.497 e. The van der Waals surface area contributed by atoms with Crippen molar-refractivity contribution >= 4 is 28.6 Å². The van der Waals surface area contributed by atoms with E-state index in [1.807, 2.05) is 49.6 Å². The number of nitrogens with zero attached hydrogens (tertiary/aromatic N) is 3. The van der Waals surface area contributed by atoms with Crippen LogP contribution in [0.4, 0.5) is 0 Å². The summed E-state index contributed by atoms with van der Waals surface area (Å²) in [5, 5.41) is 12.8. The van der Waals surface area contributed by atoms with Gasteiger partial charge in [0.05, 0.1) is 12.9 Å². The summed E-state index contributed by atoms with van der Waals surface area (Å²) in [6.07, 6.45) is 3.65. The predicted molar refractivity (Wildman–Crippen MR) is 118 cm³/mol. The number of aryl methyl sites for hydroxylation is 1. The maximum absolute atomic E-state index is 12.5. The van der Waals surface area contributed by atoms with Gasteiger partial charge >= 0.3 is 0 Å². The van der Waals surface area contributed by atoms with E-state index in [9.17, 15) is 4.79 Å². The number of H-pyrrole nitrogens is 1. The lowest BCUT2D eigenvalue weighted by molar-refractivity contribution is -0.118. The van der Waals surface area contributed by atoms with E-state index >= 15 is 0 Å². The number of benzene rings is 2. The molecule has 4 aromatic rings. The summed E-state index contributed by atoms with van der Waals surface area (Å²) in [5.74, 6) is 1.06. The molecule has 0 aliphatic heterocycles. The van der Waals surface area contributed by atoms with Gasteiger partial charge in [-0.15, -0.1) is 10.2 Å². The van der Waals surface area contributed by atoms with Crippen LogP contribution in [-0.2, 0) is 11.8 Å². The Bertz CT molecular complexity index is 1140. The summed E-state index contributed by atoms with van der Waals surface area (Å²) in [6, 6.07) is 16.2. The molecule has 0 unspecified atom stereocenters. The average molecular weight is 422 g/mol. The topological polar surface area (TPSA) is 84.8 Å². The average Bonchev–Trinajstić information content (AvgIpc) is 3.39. The molecule has 0 radical (unpaired) electrons. The van der Waals surface area contributed by atoms with Crippen LogP contribution in [0.3, 0.4) is 0 Å². The van der Waals surface area contributed by atoms with Crippen LogP contribution < -0.4 is 10.1 Å². The summed E-state index contributed by atoms with van der Waals surface area (Å²) >= 11 is 1.37. The van der Waals surface area contributed by atoms with Gasteiger partial charge in [-0.05, 0) is 29.3 Å². The van der Waals surface area contributed by atoms with E-state index in [-0.39, 0.29) is 17.6 Å². The van der Waals surface area contributed by atoms with Crippen LogP contribution in [0, 0.1) is 0 Å². The Morgan fingerprint density at radius 1 is 1.23 bits per heavy atom. The number of methoxy groups -OCH3 is 1. The number of thioether (sulfide) groups is 1. The van der Waals surface area contributed by atoms with Gasteiger partial charge in [-0.2, -0.15) is 0 Å². The number of ether oxygens (including phenoxy) is 1. The summed E-state index contributed by atoms with van der Waals surface area (Å²) in [7, 11) is 3.51. The molecule has 7 nitrogen and oxygen atoms in total. The van der Waals surface area contributed by atoms with Crippen LogP contribution >= 0.6 is 11.8 Å². The van der Waals surface area contributed by atoms with Gasteiger partial charge in [0.2, 0.25) is 5.91 Å². The van der Waals surface area contributed by atoms with Gasteiger partial charge < -0.3 is 19.6 Å². The van der Waals surface area contributed by atoms with E-state index in [1.165, 1.54) is 11.8 Å². The van der Waals surface area contributed by atoms with Crippen molar-refractivity contribution in [3.8, 4) is 5.75 Å². The lowest BCUT2D eigenvalue weighted by atomic mass is 9.91. The minimum atomic E-state index is -0.0404. The number of fused-ring (bicyclic) bond motifs is 1. The van der Waals surface area contributed by atoms with E-state index in [0.29, 0.717) is 11.7 Å². The first kappa shape index (κ1) is 20.0. The maximum Gasteiger partial charge on any atom is 0.230 e. The molecule has 0 spiro atoms. The number of nitrogens with one attached hydrogen (secondary N) is 2. The van der Waals surface area contributed by atoms with Crippen LogP contribution in [0.1, 0.15) is 17.0 Å². The van der Waals surface area contributed by atoms with Gasteiger partial charge in [-0.3, -0.25) is 4.79 Å². The van der Waals surface area contributed by atoms with E-state index in [4.69, 9.17) is 4.74 Å². The number of carbonyl (C=O) groups excluding carboxylic acids is 1. The zero-order chi connectivity index (χ0) is 20.9. The van der Waals surface area contributed by atoms with Crippen LogP contribution in [0.2, 0.25) is 0 Å². The standard InChI is InChI=1S/C22H23N5O2S/c1-27-14-25-26-22(27)30-13-21(28)24-11-18(15-7-9-16(29-2)10-8-15)19-12-23-20-6-4-3-5-17(19)20/h3-10,12,14,18,23H,11,13H2,1-2H3,(H,24,28)/t18-/m0/s1. The Morgan fingerprint density at radius 2 is 2.03 bits per heavy atom. The third kappa shape index (κ3) is 4.33.